The fraction of sp³-hybridized carbons (Fsp3) is 0.533. The zero-order chi connectivity index (χ0) is 15.2. The van der Waals surface area contributed by atoms with Gasteiger partial charge in [0, 0.05) is 0 Å². The summed E-state index contributed by atoms with van der Waals surface area (Å²) in [7, 11) is 0. The van der Waals surface area contributed by atoms with E-state index >= 15 is 0 Å². The van der Waals surface area contributed by atoms with Gasteiger partial charge in [0.15, 0.2) is 0 Å². The molecule has 0 spiro atoms. The first-order valence-electron chi connectivity index (χ1n) is 6.63. The highest BCUT2D eigenvalue weighted by molar-refractivity contribution is 5.81. The molecular weight excluding hydrogens is 256 g/mol. The van der Waals surface area contributed by atoms with Crippen molar-refractivity contribution in [1.29, 1.82) is 0 Å². The van der Waals surface area contributed by atoms with Crippen molar-refractivity contribution in [3.8, 4) is 0 Å². The molecular formula is C15H22N2O3. The third kappa shape index (κ3) is 4.42. The Labute approximate surface area is 119 Å². The number of hydrogen-bond acceptors (Lipinski definition) is 5. The topological polar surface area (TPSA) is 71.2 Å². The lowest BCUT2D eigenvalue weighted by Gasteiger charge is -2.24. The molecule has 0 bridgehead atoms. The van der Waals surface area contributed by atoms with Gasteiger partial charge in [0.25, 0.3) is 0 Å². The van der Waals surface area contributed by atoms with Crippen LogP contribution in [-0.4, -0.2) is 29.8 Å². The lowest BCUT2D eigenvalue weighted by molar-refractivity contribution is -0.165. The molecule has 0 radical (unpaired) electrons. The van der Waals surface area contributed by atoms with E-state index in [1.54, 1.807) is 31.2 Å². The molecule has 1 atom stereocenters. The van der Waals surface area contributed by atoms with Crippen molar-refractivity contribution in [3.05, 3.63) is 35.9 Å². The molecule has 0 amide bonds. The summed E-state index contributed by atoms with van der Waals surface area (Å²) in [5.41, 5.74) is -1.70. The van der Waals surface area contributed by atoms with Crippen LogP contribution in [0.4, 0.5) is 0 Å². The number of benzene rings is 1. The molecule has 5 nitrogen and oxygen atoms in total. The molecule has 0 aromatic heterocycles. The van der Waals surface area contributed by atoms with Gasteiger partial charge >= 0.3 is 5.97 Å². The summed E-state index contributed by atoms with van der Waals surface area (Å²) in [6.07, 6.45) is 0. The maximum absolute atomic E-state index is 12.0. The van der Waals surface area contributed by atoms with Gasteiger partial charge in [-0.3, -0.25) is 0 Å². The Balaban J connectivity index is 3.03. The highest BCUT2D eigenvalue weighted by Crippen LogP contribution is 2.24. The first kappa shape index (κ1) is 16.3. The minimum atomic E-state index is -1.80. The van der Waals surface area contributed by atoms with Gasteiger partial charge in [-0.25, -0.2) is 4.79 Å². The number of azo groups is 1. The van der Waals surface area contributed by atoms with E-state index in [0.29, 0.717) is 5.56 Å². The number of aliphatic hydroxyl groups is 1. The molecule has 1 rings (SSSR count). The van der Waals surface area contributed by atoms with E-state index < -0.39 is 11.6 Å². The van der Waals surface area contributed by atoms with Crippen LogP contribution >= 0.6 is 0 Å². The Hall–Kier alpha value is -1.75. The number of hydrogen-bond donors (Lipinski definition) is 1. The van der Waals surface area contributed by atoms with Crippen molar-refractivity contribution >= 4 is 5.97 Å². The van der Waals surface area contributed by atoms with Crippen molar-refractivity contribution in [2.75, 3.05) is 13.2 Å². The molecule has 0 aliphatic heterocycles. The second-order valence-electron chi connectivity index (χ2n) is 5.52. The molecule has 20 heavy (non-hydrogen) atoms. The van der Waals surface area contributed by atoms with Crippen molar-refractivity contribution in [2.24, 2.45) is 10.2 Å². The smallest absolute Gasteiger partial charge is 0.344 e. The zero-order valence-electron chi connectivity index (χ0n) is 12.5. The van der Waals surface area contributed by atoms with Crippen molar-refractivity contribution < 1.29 is 14.6 Å². The summed E-state index contributed by atoms with van der Waals surface area (Å²) in [6, 6.07) is 8.65. The second kappa shape index (κ2) is 6.61. The predicted octanol–water partition coefficient (Wildman–Crippen LogP) is 2.69. The molecule has 1 aromatic rings. The zero-order valence-corrected chi connectivity index (χ0v) is 12.5. The quantitative estimate of drug-likeness (QED) is 0.665. The predicted molar refractivity (Wildman–Crippen MR) is 76.4 cm³/mol. The maximum atomic E-state index is 12.0. The SMILES string of the molecule is CCOC(=O)[C@](O)(CN=NC(C)(C)C)c1ccccc1. The average molecular weight is 278 g/mol. The Bertz CT molecular complexity index is 466. The molecule has 0 aliphatic rings. The normalized spacial score (nSPS) is 15.1. The summed E-state index contributed by atoms with van der Waals surface area (Å²) in [5.74, 6) is -0.709. The van der Waals surface area contributed by atoms with Crippen LogP contribution < -0.4 is 0 Å². The standard InChI is InChI=1S/C15H22N2O3/c1-5-20-13(18)15(19,11-16-17-14(2,3)4)12-9-7-6-8-10-12/h6-10,19H,5,11H2,1-4H3/t15-/m0/s1. The first-order valence-corrected chi connectivity index (χ1v) is 6.63. The molecule has 0 heterocycles. The summed E-state index contributed by atoms with van der Waals surface area (Å²) in [6.45, 7) is 7.41. The van der Waals surface area contributed by atoms with Gasteiger partial charge in [-0.15, -0.1) is 0 Å². The van der Waals surface area contributed by atoms with Crippen LogP contribution in [0.25, 0.3) is 0 Å². The summed E-state index contributed by atoms with van der Waals surface area (Å²) in [5, 5.41) is 18.7. The number of nitrogens with zero attached hydrogens (tertiary/aromatic N) is 2. The van der Waals surface area contributed by atoms with Gasteiger partial charge in [-0.05, 0) is 33.3 Å². The summed E-state index contributed by atoms with van der Waals surface area (Å²) in [4.78, 5) is 12.0. The van der Waals surface area contributed by atoms with Gasteiger partial charge in [0.2, 0.25) is 5.60 Å². The largest absolute Gasteiger partial charge is 0.464 e. The second-order valence-corrected chi connectivity index (χ2v) is 5.52. The monoisotopic (exact) mass is 278 g/mol. The number of carbonyl (C=O) groups excluding carboxylic acids is 1. The van der Waals surface area contributed by atoms with Gasteiger partial charge in [-0.1, -0.05) is 30.3 Å². The van der Waals surface area contributed by atoms with Crippen molar-refractivity contribution in [3.63, 3.8) is 0 Å². The van der Waals surface area contributed by atoms with E-state index in [1.807, 2.05) is 26.8 Å². The number of carbonyl (C=O) groups is 1. The molecule has 1 aromatic carbocycles. The van der Waals surface area contributed by atoms with Crippen molar-refractivity contribution in [1.82, 2.24) is 0 Å². The van der Waals surface area contributed by atoms with Crippen molar-refractivity contribution in [2.45, 2.75) is 38.8 Å². The molecule has 0 unspecified atom stereocenters. The van der Waals surface area contributed by atoms with E-state index in [9.17, 15) is 9.90 Å². The lowest BCUT2D eigenvalue weighted by atomic mass is 9.94. The lowest BCUT2D eigenvalue weighted by Crippen LogP contribution is -2.40. The van der Waals surface area contributed by atoms with E-state index in [-0.39, 0.29) is 18.7 Å². The van der Waals surface area contributed by atoms with E-state index in [0.717, 1.165) is 0 Å². The van der Waals surface area contributed by atoms with Gasteiger partial charge in [0.1, 0.15) is 6.54 Å². The third-order valence-electron chi connectivity index (χ3n) is 2.53. The van der Waals surface area contributed by atoms with Crippen LogP contribution in [0.15, 0.2) is 40.6 Å². The number of esters is 1. The number of rotatable bonds is 5. The molecule has 0 aliphatic carbocycles. The Morgan fingerprint density at radius 1 is 1.25 bits per heavy atom. The number of ether oxygens (including phenoxy) is 1. The minimum Gasteiger partial charge on any atom is -0.464 e. The fourth-order valence-electron chi connectivity index (χ4n) is 1.59. The van der Waals surface area contributed by atoms with Crippen LogP contribution in [0.2, 0.25) is 0 Å². The van der Waals surface area contributed by atoms with Gasteiger partial charge < -0.3 is 9.84 Å². The Morgan fingerprint density at radius 3 is 2.35 bits per heavy atom. The summed E-state index contributed by atoms with van der Waals surface area (Å²) < 4.78 is 4.95. The third-order valence-corrected chi connectivity index (χ3v) is 2.53. The molecule has 110 valence electrons. The van der Waals surface area contributed by atoms with Crippen LogP contribution in [0.3, 0.4) is 0 Å². The van der Waals surface area contributed by atoms with Crippen LogP contribution in [0.5, 0.6) is 0 Å². The summed E-state index contributed by atoms with van der Waals surface area (Å²) >= 11 is 0. The maximum Gasteiger partial charge on any atom is 0.344 e. The highest BCUT2D eigenvalue weighted by atomic mass is 16.5. The van der Waals surface area contributed by atoms with E-state index in [2.05, 4.69) is 10.2 Å². The van der Waals surface area contributed by atoms with Crippen LogP contribution in [-0.2, 0) is 15.1 Å². The molecule has 0 saturated carbocycles. The van der Waals surface area contributed by atoms with Crippen LogP contribution in [0, 0.1) is 0 Å². The van der Waals surface area contributed by atoms with E-state index in [1.165, 1.54) is 0 Å². The molecule has 0 saturated heterocycles. The molecule has 5 heteroatoms. The average Bonchev–Trinajstić information content (AvgIpc) is 2.38. The highest BCUT2D eigenvalue weighted by Gasteiger charge is 2.39. The first-order chi connectivity index (χ1) is 9.29. The van der Waals surface area contributed by atoms with E-state index in [4.69, 9.17) is 4.74 Å². The Morgan fingerprint density at radius 2 is 1.85 bits per heavy atom. The Kier molecular flexibility index (Phi) is 5.39. The fourth-order valence-corrected chi connectivity index (χ4v) is 1.59. The molecule has 0 fully saturated rings. The van der Waals surface area contributed by atoms with Gasteiger partial charge in [0.05, 0.1) is 12.1 Å². The molecule has 1 N–H and O–H groups in total. The van der Waals surface area contributed by atoms with Gasteiger partial charge in [-0.2, -0.15) is 10.2 Å². The minimum absolute atomic E-state index is 0.160. The van der Waals surface area contributed by atoms with Crippen LogP contribution in [0.1, 0.15) is 33.3 Å².